The number of aryl methyl sites for hydroxylation is 1. The third-order valence-electron chi connectivity index (χ3n) is 5.91. The van der Waals surface area contributed by atoms with Crippen molar-refractivity contribution in [2.24, 2.45) is 0 Å². The lowest BCUT2D eigenvalue weighted by atomic mass is 10.1. The van der Waals surface area contributed by atoms with Crippen molar-refractivity contribution in [3.8, 4) is 0 Å². The first-order chi connectivity index (χ1) is 13.9. The molecule has 0 unspecified atom stereocenters. The molecule has 29 heavy (non-hydrogen) atoms. The molecule has 2 fully saturated rings. The lowest BCUT2D eigenvalue weighted by Gasteiger charge is -2.36. The summed E-state index contributed by atoms with van der Waals surface area (Å²) in [5, 5.41) is 1.37. The van der Waals surface area contributed by atoms with E-state index in [2.05, 4.69) is 11.8 Å². The number of anilines is 1. The molecule has 5 nitrogen and oxygen atoms in total. The van der Waals surface area contributed by atoms with E-state index in [-0.39, 0.29) is 24.3 Å². The van der Waals surface area contributed by atoms with E-state index in [9.17, 15) is 9.59 Å². The zero-order valence-electron chi connectivity index (χ0n) is 16.3. The summed E-state index contributed by atoms with van der Waals surface area (Å²) in [5.41, 5.74) is 3.25. The topological polar surface area (TPSA) is 45.1 Å². The molecule has 1 atom stereocenters. The van der Waals surface area contributed by atoms with Gasteiger partial charge in [-0.1, -0.05) is 41.4 Å². The number of likely N-dealkylation sites (tertiary alicyclic amines) is 1. The molecule has 0 saturated carbocycles. The summed E-state index contributed by atoms with van der Waals surface area (Å²) in [6.07, 6.45) is 0.290. The molecule has 152 valence electrons. The maximum absolute atomic E-state index is 13.0. The van der Waals surface area contributed by atoms with Crippen molar-refractivity contribution in [3.63, 3.8) is 0 Å². The molecule has 1 N–H and O–H groups in total. The molecular weight excluding hydrogens is 409 g/mol. The van der Waals surface area contributed by atoms with E-state index >= 15 is 0 Å². The first-order valence-corrected chi connectivity index (χ1v) is 10.6. The van der Waals surface area contributed by atoms with E-state index in [1.165, 1.54) is 15.4 Å². The molecule has 0 aromatic heterocycles. The lowest BCUT2D eigenvalue weighted by molar-refractivity contribution is -0.915. The minimum absolute atomic E-state index is 0.0627. The van der Waals surface area contributed by atoms with Crippen molar-refractivity contribution in [2.75, 3.05) is 31.1 Å². The number of carbonyl (C=O) groups is 2. The third-order valence-corrected chi connectivity index (χ3v) is 6.40. The summed E-state index contributed by atoms with van der Waals surface area (Å²) in [7, 11) is 0. The Bertz CT molecular complexity index is 924. The smallest absolute Gasteiger partial charge is 0.288 e. The zero-order chi connectivity index (χ0) is 20.5. The van der Waals surface area contributed by atoms with Crippen LogP contribution in [0.4, 0.5) is 5.69 Å². The monoisotopic (exact) mass is 432 g/mol. The van der Waals surface area contributed by atoms with Crippen LogP contribution >= 0.6 is 23.2 Å². The van der Waals surface area contributed by atoms with Gasteiger partial charge in [0.05, 0.1) is 39.1 Å². The number of piperazine rings is 1. The molecule has 0 bridgehead atoms. The minimum atomic E-state index is -0.280. The molecule has 0 spiro atoms. The Morgan fingerprint density at radius 1 is 1.00 bits per heavy atom. The van der Waals surface area contributed by atoms with Gasteiger partial charge in [0.15, 0.2) is 6.04 Å². The predicted molar refractivity (Wildman–Crippen MR) is 115 cm³/mol. The highest BCUT2D eigenvalue weighted by atomic mass is 35.5. The van der Waals surface area contributed by atoms with Gasteiger partial charge >= 0.3 is 0 Å². The Balaban J connectivity index is 1.40. The van der Waals surface area contributed by atoms with Gasteiger partial charge in [0, 0.05) is 15.7 Å². The van der Waals surface area contributed by atoms with Gasteiger partial charge in [-0.2, -0.15) is 0 Å². The molecule has 0 radical (unpaired) electrons. The summed E-state index contributed by atoms with van der Waals surface area (Å²) in [4.78, 5) is 30.4. The van der Waals surface area contributed by atoms with Crippen LogP contribution in [0.2, 0.25) is 10.0 Å². The highest BCUT2D eigenvalue weighted by molar-refractivity contribution is 6.31. The molecule has 2 aromatic carbocycles. The van der Waals surface area contributed by atoms with Crippen LogP contribution in [0.25, 0.3) is 0 Å². The van der Waals surface area contributed by atoms with Gasteiger partial charge in [-0.25, -0.2) is 0 Å². The molecule has 2 aromatic rings. The van der Waals surface area contributed by atoms with Crippen molar-refractivity contribution in [1.82, 2.24) is 4.90 Å². The fourth-order valence-electron chi connectivity index (χ4n) is 4.25. The van der Waals surface area contributed by atoms with Crippen molar-refractivity contribution in [3.05, 3.63) is 63.6 Å². The number of halogens is 2. The van der Waals surface area contributed by atoms with Crippen LogP contribution in [0.1, 0.15) is 17.5 Å². The van der Waals surface area contributed by atoms with E-state index in [0.717, 1.165) is 42.5 Å². The number of benzene rings is 2. The normalized spacial score (nSPS) is 20.6. The van der Waals surface area contributed by atoms with Crippen LogP contribution in [-0.2, 0) is 16.1 Å². The predicted octanol–water partition coefficient (Wildman–Crippen LogP) is 2.33. The van der Waals surface area contributed by atoms with E-state index < -0.39 is 0 Å². The van der Waals surface area contributed by atoms with Crippen molar-refractivity contribution in [1.29, 1.82) is 0 Å². The zero-order valence-corrected chi connectivity index (χ0v) is 17.8. The van der Waals surface area contributed by atoms with Gasteiger partial charge in [-0.05, 0) is 42.3 Å². The largest absolute Gasteiger partial charge is 0.360 e. The van der Waals surface area contributed by atoms with Crippen LogP contribution in [0, 0.1) is 6.92 Å². The van der Waals surface area contributed by atoms with Gasteiger partial charge in [0.1, 0.15) is 0 Å². The molecule has 7 heteroatoms. The van der Waals surface area contributed by atoms with Gasteiger partial charge in [0.2, 0.25) is 5.91 Å². The highest BCUT2D eigenvalue weighted by Gasteiger charge is 2.45. The van der Waals surface area contributed by atoms with Gasteiger partial charge < -0.3 is 9.80 Å². The second kappa shape index (κ2) is 8.34. The second-order valence-electron chi connectivity index (χ2n) is 7.78. The minimum Gasteiger partial charge on any atom is -0.360 e. The number of carbonyl (C=O) groups excluding carboxylic acids is 2. The van der Waals surface area contributed by atoms with Gasteiger partial charge in [0.25, 0.3) is 5.91 Å². The summed E-state index contributed by atoms with van der Waals surface area (Å²) in [6, 6.07) is 12.9. The van der Waals surface area contributed by atoms with Crippen LogP contribution in [-0.4, -0.2) is 48.9 Å². The Morgan fingerprint density at radius 3 is 2.34 bits per heavy atom. The fraction of sp³-hybridized carbons (Fsp3) is 0.364. The van der Waals surface area contributed by atoms with E-state index in [4.69, 9.17) is 23.2 Å². The number of quaternary nitrogens is 1. The number of hydrogen-bond acceptors (Lipinski definition) is 3. The Labute approximate surface area is 180 Å². The van der Waals surface area contributed by atoms with Gasteiger partial charge in [-0.3, -0.25) is 14.5 Å². The Hall–Kier alpha value is -2.08. The molecule has 4 rings (SSSR count). The van der Waals surface area contributed by atoms with Crippen LogP contribution in [0.3, 0.4) is 0 Å². The maximum atomic E-state index is 13.0. The summed E-state index contributed by atoms with van der Waals surface area (Å²) >= 11 is 12.1. The number of imide groups is 1. The van der Waals surface area contributed by atoms with E-state index in [0.29, 0.717) is 11.6 Å². The van der Waals surface area contributed by atoms with Gasteiger partial charge in [-0.15, -0.1) is 0 Å². The van der Waals surface area contributed by atoms with E-state index in [1.807, 2.05) is 30.3 Å². The molecule has 2 saturated heterocycles. The SMILES string of the molecule is Cc1ccc(Cl)cc1N1CC[NH+]([C@@H]2CC(=O)N(Cc3ccc(Cl)cc3)C2=O)CC1. The molecular formula is C22H24Cl2N3O2+. The number of hydrogen-bond donors (Lipinski definition) is 1. The lowest BCUT2D eigenvalue weighted by Crippen LogP contribution is -3.19. The summed E-state index contributed by atoms with van der Waals surface area (Å²) in [5.74, 6) is -0.150. The van der Waals surface area contributed by atoms with Crippen LogP contribution in [0.15, 0.2) is 42.5 Å². The number of nitrogens with zero attached hydrogens (tertiary/aromatic N) is 2. The fourth-order valence-corrected chi connectivity index (χ4v) is 4.54. The number of nitrogens with one attached hydrogen (secondary N) is 1. The average molecular weight is 433 g/mol. The Kier molecular flexibility index (Phi) is 5.81. The summed E-state index contributed by atoms with van der Waals surface area (Å²) < 4.78 is 0. The van der Waals surface area contributed by atoms with Crippen molar-refractivity contribution >= 4 is 40.7 Å². The maximum Gasteiger partial charge on any atom is 0.288 e. The highest BCUT2D eigenvalue weighted by Crippen LogP contribution is 2.24. The molecule has 2 aliphatic rings. The van der Waals surface area contributed by atoms with E-state index in [1.54, 1.807) is 12.1 Å². The standard InChI is InChI=1S/C22H23Cl2N3O2/c1-15-2-5-18(24)12-19(15)25-8-10-26(11-9-25)20-13-21(28)27(22(20)29)14-16-3-6-17(23)7-4-16/h2-7,12,20H,8-11,13-14H2,1H3/p+1/t20-/m1/s1. The molecule has 0 aliphatic carbocycles. The number of rotatable bonds is 4. The third kappa shape index (κ3) is 4.27. The van der Waals surface area contributed by atoms with Crippen molar-refractivity contribution < 1.29 is 14.5 Å². The number of amides is 2. The van der Waals surface area contributed by atoms with Crippen LogP contribution in [0.5, 0.6) is 0 Å². The molecule has 2 aliphatic heterocycles. The second-order valence-corrected chi connectivity index (χ2v) is 8.65. The Morgan fingerprint density at radius 2 is 1.66 bits per heavy atom. The first kappa shape index (κ1) is 20.2. The van der Waals surface area contributed by atoms with Crippen molar-refractivity contribution in [2.45, 2.75) is 25.9 Å². The molecule has 2 amide bonds. The quantitative estimate of drug-likeness (QED) is 0.754. The average Bonchev–Trinajstić information content (AvgIpc) is 3.00. The first-order valence-electron chi connectivity index (χ1n) is 9.86. The van der Waals surface area contributed by atoms with Crippen LogP contribution < -0.4 is 9.80 Å². The summed E-state index contributed by atoms with van der Waals surface area (Å²) in [6.45, 7) is 5.72. The molecule has 2 heterocycles.